The zero-order chi connectivity index (χ0) is 20.4. The summed E-state index contributed by atoms with van der Waals surface area (Å²) in [4.78, 5) is 23.6. The van der Waals surface area contributed by atoms with E-state index in [0.29, 0.717) is 12.5 Å². The van der Waals surface area contributed by atoms with Gasteiger partial charge in [0.15, 0.2) is 0 Å². The Morgan fingerprint density at radius 2 is 2.07 bits per heavy atom. The monoisotopic (exact) mass is 394 g/mol. The fourth-order valence-electron chi connectivity index (χ4n) is 3.90. The lowest BCUT2D eigenvalue weighted by Crippen LogP contribution is -2.41. The van der Waals surface area contributed by atoms with E-state index in [4.69, 9.17) is 4.74 Å². The van der Waals surface area contributed by atoms with Crippen molar-refractivity contribution in [2.75, 3.05) is 37.5 Å². The first-order valence-electron chi connectivity index (χ1n) is 9.70. The zero-order valence-electron chi connectivity index (χ0n) is 16.9. The summed E-state index contributed by atoms with van der Waals surface area (Å²) >= 11 is 0. The molecule has 0 radical (unpaired) electrons. The van der Waals surface area contributed by atoms with E-state index in [1.165, 1.54) is 0 Å². The minimum Gasteiger partial charge on any atom is -0.378 e. The third-order valence-electron chi connectivity index (χ3n) is 5.52. The number of ether oxygens (including phenoxy) is 1. The van der Waals surface area contributed by atoms with Crippen LogP contribution in [0.15, 0.2) is 47.4 Å². The molecule has 0 bridgehead atoms. The lowest BCUT2D eigenvalue weighted by Gasteiger charge is -2.19. The second kappa shape index (κ2) is 8.18. The molecule has 1 aliphatic heterocycles. The fraction of sp³-hybridized carbons (Fsp3) is 0.381. The Morgan fingerprint density at radius 1 is 1.24 bits per heavy atom. The summed E-state index contributed by atoms with van der Waals surface area (Å²) in [6.07, 6.45) is 1.75. The van der Waals surface area contributed by atoms with Crippen molar-refractivity contribution in [3.8, 4) is 0 Å². The van der Waals surface area contributed by atoms with E-state index in [-0.39, 0.29) is 17.7 Å². The van der Waals surface area contributed by atoms with Crippen molar-refractivity contribution in [2.24, 2.45) is 7.05 Å². The number of aromatic nitrogens is 3. The molecule has 3 heterocycles. The summed E-state index contributed by atoms with van der Waals surface area (Å²) < 4.78 is 7.41. The molecule has 2 aromatic heterocycles. The Labute approximate surface area is 169 Å². The number of pyridine rings is 1. The van der Waals surface area contributed by atoms with Crippen molar-refractivity contribution in [3.63, 3.8) is 0 Å². The van der Waals surface area contributed by atoms with Gasteiger partial charge in [-0.15, -0.1) is 0 Å². The van der Waals surface area contributed by atoms with E-state index in [0.717, 1.165) is 35.4 Å². The molecule has 1 aliphatic rings. The van der Waals surface area contributed by atoms with Crippen LogP contribution in [-0.2, 0) is 18.3 Å². The van der Waals surface area contributed by atoms with Crippen molar-refractivity contribution in [3.05, 3.63) is 58.5 Å². The van der Waals surface area contributed by atoms with Crippen LogP contribution in [0.3, 0.4) is 0 Å². The van der Waals surface area contributed by atoms with E-state index >= 15 is 0 Å². The largest absolute Gasteiger partial charge is 0.378 e. The van der Waals surface area contributed by atoms with E-state index in [9.17, 15) is 4.79 Å². The topological polar surface area (TPSA) is 84.3 Å². The standard InChI is InChI=1S/C21H26N6O2/c1-22-21-23-9-8-19(25-21)27-12-16(18(13-27)29-3)24-11-15-10-14-6-4-5-7-17(14)26(2)20(15)28/h4-10,16,18,24H,11-13H2,1-3H3,(H,22,23,25)/t16-,18+/m1/s1. The SMILES string of the molecule is CNc1nccc(N2C[C@H](OC)[C@H](NCc3cc4ccccc4n(C)c3=O)C2)n1. The molecule has 8 heteroatoms. The van der Waals surface area contributed by atoms with Crippen molar-refractivity contribution in [2.45, 2.75) is 18.7 Å². The second-order valence-electron chi connectivity index (χ2n) is 7.25. The summed E-state index contributed by atoms with van der Waals surface area (Å²) in [7, 11) is 5.34. The fourth-order valence-corrected chi connectivity index (χ4v) is 3.90. The first-order valence-corrected chi connectivity index (χ1v) is 9.70. The van der Waals surface area contributed by atoms with Crippen LogP contribution in [0.4, 0.5) is 11.8 Å². The third kappa shape index (κ3) is 3.81. The molecule has 8 nitrogen and oxygen atoms in total. The second-order valence-corrected chi connectivity index (χ2v) is 7.25. The summed E-state index contributed by atoms with van der Waals surface area (Å²) in [5.74, 6) is 1.45. The summed E-state index contributed by atoms with van der Waals surface area (Å²) in [5, 5.41) is 7.55. The molecule has 2 N–H and O–H groups in total. The highest BCUT2D eigenvalue weighted by molar-refractivity contribution is 5.79. The van der Waals surface area contributed by atoms with E-state index in [2.05, 4.69) is 25.5 Å². The number of nitrogens with zero attached hydrogens (tertiary/aromatic N) is 4. The highest BCUT2D eigenvalue weighted by Crippen LogP contribution is 2.21. The molecule has 0 saturated carbocycles. The molecule has 0 unspecified atom stereocenters. The number of hydrogen-bond acceptors (Lipinski definition) is 7. The van der Waals surface area contributed by atoms with Crippen LogP contribution in [0.1, 0.15) is 5.56 Å². The van der Waals surface area contributed by atoms with Crippen molar-refractivity contribution < 1.29 is 4.74 Å². The van der Waals surface area contributed by atoms with Gasteiger partial charge in [-0.1, -0.05) is 18.2 Å². The summed E-state index contributed by atoms with van der Waals surface area (Å²) in [5.41, 5.74) is 1.71. The molecule has 1 aromatic carbocycles. The number of methoxy groups -OCH3 is 1. The normalized spacial score (nSPS) is 19.1. The maximum absolute atomic E-state index is 12.8. The Balaban J connectivity index is 1.51. The van der Waals surface area contributed by atoms with Gasteiger partial charge >= 0.3 is 0 Å². The third-order valence-corrected chi connectivity index (χ3v) is 5.52. The van der Waals surface area contributed by atoms with Gasteiger partial charge in [0.1, 0.15) is 5.82 Å². The van der Waals surface area contributed by atoms with E-state index in [1.54, 1.807) is 24.9 Å². The highest BCUT2D eigenvalue weighted by atomic mass is 16.5. The predicted molar refractivity (Wildman–Crippen MR) is 114 cm³/mol. The Bertz CT molecular complexity index is 1070. The van der Waals surface area contributed by atoms with Gasteiger partial charge in [-0.2, -0.15) is 4.98 Å². The van der Waals surface area contributed by atoms with Crippen molar-refractivity contribution >= 4 is 22.7 Å². The summed E-state index contributed by atoms with van der Waals surface area (Å²) in [6, 6.07) is 11.9. The van der Waals surface area contributed by atoms with Crippen molar-refractivity contribution in [1.82, 2.24) is 19.9 Å². The molecular weight excluding hydrogens is 368 g/mol. The number of hydrogen-bond donors (Lipinski definition) is 2. The van der Waals surface area contributed by atoms with Gasteiger partial charge < -0.3 is 24.8 Å². The molecule has 152 valence electrons. The maximum atomic E-state index is 12.8. The van der Waals surface area contributed by atoms with Crippen LogP contribution in [-0.4, -0.2) is 53.9 Å². The van der Waals surface area contributed by atoms with Crippen LogP contribution >= 0.6 is 0 Å². The number of aryl methyl sites for hydroxylation is 1. The minimum absolute atomic E-state index is 0.00677. The maximum Gasteiger partial charge on any atom is 0.255 e. The smallest absolute Gasteiger partial charge is 0.255 e. The van der Waals surface area contributed by atoms with Gasteiger partial charge in [-0.3, -0.25) is 4.79 Å². The average Bonchev–Trinajstić information content (AvgIpc) is 3.18. The molecule has 3 aromatic rings. The summed E-state index contributed by atoms with van der Waals surface area (Å²) in [6.45, 7) is 1.96. The van der Waals surface area contributed by atoms with Gasteiger partial charge in [-0.25, -0.2) is 4.98 Å². The van der Waals surface area contributed by atoms with Gasteiger partial charge in [0, 0.05) is 52.6 Å². The number of fused-ring (bicyclic) bond motifs is 1. The molecule has 1 saturated heterocycles. The average molecular weight is 394 g/mol. The number of para-hydroxylation sites is 1. The van der Waals surface area contributed by atoms with Gasteiger partial charge in [0.2, 0.25) is 5.95 Å². The number of benzene rings is 1. The van der Waals surface area contributed by atoms with Crippen molar-refractivity contribution in [1.29, 1.82) is 0 Å². The molecule has 0 aliphatic carbocycles. The zero-order valence-corrected chi connectivity index (χ0v) is 16.9. The van der Waals surface area contributed by atoms with Gasteiger partial charge in [-0.05, 0) is 23.6 Å². The molecule has 1 fully saturated rings. The number of anilines is 2. The van der Waals surface area contributed by atoms with Crippen LogP contribution in [0.25, 0.3) is 10.9 Å². The first kappa shape index (κ1) is 19.4. The molecule has 4 rings (SSSR count). The number of rotatable bonds is 6. The van der Waals surface area contributed by atoms with Crippen LogP contribution in [0, 0.1) is 0 Å². The molecular formula is C21H26N6O2. The number of nitrogens with one attached hydrogen (secondary N) is 2. The minimum atomic E-state index is 0.00677. The lowest BCUT2D eigenvalue weighted by molar-refractivity contribution is 0.0966. The highest BCUT2D eigenvalue weighted by Gasteiger charge is 2.33. The van der Waals surface area contributed by atoms with E-state index < -0.39 is 0 Å². The Morgan fingerprint density at radius 3 is 2.86 bits per heavy atom. The van der Waals surface area contributed by atoms with Gasteiger partial charge in [0.05, 0.1) is 17.7 Å². The molecule has 0 spiro atoms. The lowest BCUT2D eigenvalue weighted by atomic mass is 10.1. The van der Waals surface area contributed by atoms with E-state index in [1.807, 2.05) is 43.4 Å². The molecule has 0 amide bonds. The molecule has 2 atom stereocenters. The van der Waals surface area contributed by atoms with Crippen LogP contribution in [0.2, 0.25) is 0 Å². The van der Waals surface area contributed by atoms with Gasteiger partial charge in [0.25, 0.3) is 5.56 Å². The first-order chi connectivity index (χ1) is 14.1. The molecule has 29 heavy (non-hydrogen) atoms. The quantitative estimate of drug-likeness (QED) is 0.653. The predicted octanol–water partition coefficient (Wildman–Crippen LogP) is 1.36. The van der Waals surface area contributed by atoms with Crippen LogP contribution in [0.5, 0.6) is 0 Å². The van der Waals surface area contributed by atoms with Crippen LogP contribution < -0.4 is 21.1 Å². The Hall–Kier alpha value is -2.97. The Kier molecular flexibility index (Phi) is 5.46.